The highest BCUT2D eigenvalue weighted by molar-refractivity contribution is 7.80. The van der Waals surface area contributed by atoms with Crippen LogP contribution < -0.4 is 10.5 Å². The van der Waals surface area contributed by atoms with Gasteiger partial charge in [-0.25, -0.2) is 0 Å². The zero-order valence-corrected chi connectivity index (χ0v) is 10.2. The van der Waals surface area contributed by atoms with E-state index < -0.39 is 0 Å². The summed E-state index contributed by atoms with van der Waals surface area (Å²) in [5.74, 6) is 0.753. The molecule has 1 aliphatic rings. The van der Waals surface area contributed by atoms with E-state index >= 15 is 0 Å². The Morgan fingerprint density at radius 2 is 2.24 bits per heavy atom. The number of nitrogens with two attached hydrogens (primary N) is 1. The maximum Gasteiger partial charge on any atom is 0.120 e. The summed E-state index contributed by atoms with van der Waals surface area (Å²) in [6.45, 7) is 2.45. The maximum atomic E-state index is 5.54. The van der Waals surface area contributed by atoms with E-state index in [0.29, 0.717) is 31.4 Å². The Balaban J connectivity index is 1.73. The third-order valence-corrected chi connectivity index (χ3v) is 2.67. The average molecular weight is 253 g/mol. The van der Waals surface area contributed by atoms with Gasteiger partial charge in [-0.1, -0.05) is 24.4 Å². The molecule has 0 amide bonds. The molecule has 0 bridgehead atoms. The lowest BCUT2D eigenvalue weighted by molar-refractivity contribution is -0.132. The summed E-state index contributed by atoms with van der Waals surface area (Å²) in [5, 5.41) is 0. The molecular weight excluding hydrogens is 238 g/mol. The quantitative estimate of drug-likeness (QED) is 0.608. The van der Waals surface area contributed by atoms with Crippen molar-refractivity contribution in [3.63, 3.8) is 0 Å². The standard InChI is InChI=1S/C12H15NO3S/c13-12(17)9-2-1-3-10(6-9)15-4-5-16-11-7-14-8-11/h1-3,6,11H,4-5,7-8H2,(H2,13,17). The molecule has 17 heavy (non-hydrogen) atoms. The minimum atomic E-state index is 0.238. The molecule has 0 radical (unpaired) electrons. The second-order valence-corrected chi connectivity index (χ2v) is 4.21. The Kier molecular flexibility index (Phi) is 4.30. The van der Waals surface area contributed by atoms with Gasteiger partial charge in [0.05, 0.1) is 19.8 Å². The minimum absolute atomic E-state index is 0.238. The lowest BCUT2D eigenvalue weighted by Crippen LogP contribution is -2.37. The molecule has 1 aromatic rings. The molecule has 1 fully saturated rings. The molecule has 2 N–H and O–H groups in total. The summed E-state index contributed by atoms with van der Waals surface area (Å²) in [7, 11) is 0. The highest BCUT2D eigenvalue weighted by atomic mass is 32.1. The van der Waals surface area contributed by atoms with Crippen LogP contribution in [0.25, 0.3) is 0 Å². The lowest BCUT2D eigenvalue weighted by atomic mass is 10.2. The fourth-order valence-electron chi connectivity index (χ4n) is 1.42. The maximum absolute atomic E-state index is 5.54. The molecule has 0 saturated carbocycles. The smallest absolute Gasteiger partial charge is 0.120 e. The van der Waals surface area contributed by atoms with Crippen molar-refractivity contribution in [1.29, 1.82) is 0 Å². The first-order valence-electron chi connectivity index (χ1n) is 5.48. The Bertz CT molecular complexity index is 393. The van der Waals surface area contributed by atoms with Gasteiger partial charge in [-0.05, 0) is 12.1 Å². The molecule has 0 spiro atoms. The van der Waals surface area contributed by atoms with Gasteiger partial charge < -0.3 is 19.9 Å². The first kappa shape index (κ1) is 12.3. The summed E-state index contributed by atoms with van der Waals surface area (Å²) < 4.78 is 16.0. The molecule has 2 rings (SSSR count). The monoisotopic (exact) mass is 253 g/mol. The predicted octanol–water partition coefficient (Wildman–Crippen LogP) is 1.12. The first-order chi connectivity index (χ1) is 8.25. The molecular formula is C12H15NO3S. The predicted molar refractivity (Wildman–Crippen MR) is 68.4 cm³/mol. The number of hydrogen-bond donors (Lipinski definition) is 1. The van der Waals surface area contributed by atoms with E-state index in [9.17, 15) is 0 Å². The van der Waals surface area contributed by atoms with Crippen LogP contribution in [0.15, 0.2) is 24.3 Å². The van der Waals surface area contributed by atoms with Crippen LogP contribution in [-0.2, 0) is 9.47 Å². The molecule has 4 nitrogen and oxygen atoms in total. The zero-order chi connectivity index (χ0) is 12.1. The molecule has 92 valence electrons. The van der Waals surface area contributed by atoms with Gasteiger partial charge in [-0.2, -0.15) is 0 Å². The van der Waals surface area contributed by atoms with Crippen LogP contribution in [0.4, 0.5) is 0 Å². The summed E-state index contributed by atoms with van der Waals surface area (Å²) in [5.41, 5.74) is 6.35. The largest absolute Gasteiger partial charge is 0.491 e. The van der Waals surface area contributed by atoms with E-state index in [4.69, 9.17) is 32.2 Å². The van der Waals surface area contributed by atoms with E-state index in [-0.39, 0.29) is 6.10 Å². The second kappa shape index (κ2) is 5.95. The Hall–Kier alpha value is -1.17. The van der Waals surface area contributed by atoms with E-state index in [1.54, 1.807) is 0 Å². The van der Waals surface area contributed by atoms with Crippen molar-refractivity contribution in [3.8, 4) is 5.75 Å². The molecule has 0 aromatic heterocycles. The zero-order valence-electron chi connectivity index (χ0n) is 9.43. The number of ether oxygens (including phenoxy) is 3. The van der Waals surface area contributed by atoms with E-state index in [1.807, 2.05) is 24.3 Å². The number of benzene rings is 1. The Morgan fingerprint density at radius 1 is 1.41 bits per heavy atom. The van der Waals surface area contributed by atoms with Crippen LogP contribution in [0, 0.1) is 0 Å². The molecule has 1 aliphatic heterocycles. The second-order valence-electron chi connectivity index (χ2n) is 3.77. The summed E-state index contributed by atoms with van der Waals surface area (Å²) in [4.78, 5) is 0.373. The van der Waals surface area contributed by atoms with E-state index in [2.05, 4.69) is 0 Å². The third kappa shape index (κ3) is 3.66. The average Bonchev–Trinajstić information content (AvgIpc) is 2.27. The van der Waals surface area contributed by atoms with Crippen molar-refractivity contribution in [2.45, 2.75) is 6.10 Å². The van der Waals surface area contributed by atoms with Crippen LogP contribution >= 0.6 is 12.2 Å². The molecule has 0 atom stereocenters. The van der Waals surface area contributed by atoms with Crippen LogP contribution in [0.5, 0.6) is 5.75 Å². The topological polar surface area (TPSA) is 53.7 Å². The molecule has 1 heterocycles. The van der Waals surface area contributed by atoms with Gasteiger partial charge in [0.2, 0.25) is 0 Å². The van der Waals surface area contributed by atoms with Gasteiger partial charge >= 0.3 is 0 Å². The molecule has 0 aliphatic carbocycles. The fourth-order valence-corrected chi connectivity index (χ4v) is 1.55. The van der Waals surface area contributed by atoms with Crippen molar-refractivity contribution < 1.29 is 14.2 Å². The minimum Gasteiger partial charge on any atom is -0.491 e. The first-order valence-corrected chi connectivity index (χ1v) is 5.88. The van der Waals surface area contributed by atoms with Gasteiger partial charge in [-0.15, -0.1) is 0 Å². The number of rotatable bonds is 6. The fraction of sp³-hybridized carbons (Fsp3) is 0.417. The van der Waals surface area contributed by atoms with Gasteiger partial charge in [0.1, 0.15) is 23.4 Å². The van der Waals surface area contributed by atoms with Crippen LogP contribution in [0.1, 0.15) is 5.56 Å². The Morgan fingerprint density at radius 3 is 2.88 bits per heavy atom. The molecule has 0 unspecified atom stereocenters. The van der Waals surface area contributed by atoms with E-state index in [0.717, 1.165) is 11.3 Å². The lowest BCUT2D eigenvalue weighted by Gasteiger charge is -2.25. The third-order valence-electron chi connectivity index (χ3n) is 2.43. The number of thiocarbonyl (C=S) groups is 1. The van der Waals surface area contributed by atoms with E-state index in [1.165, 1.54) is 0 Å². The van der Waals surface area contributed by atoms with Crippen molar-refractivity contribution in [3.05, 3.63) is 29.8 Å². The van der Waals surface area contributed by atoms with Gasteiger partial charge in [0, 0.05) is 5.56 Å². The summed E-state index contributed by atoms with van der Waals surface area (Å²) in [6.07, 6.45) is 0.238. The number of hydrogen-bond acceptors (Lipinski definition) is 4. The van der Waals surface area contributed by atoms with Crippen molar-refractivity contribution in [2.24, 2.45) is 5.73 Å². The van der Waals surface area contributed by atoms with Gasteiger partial charge in [-0.3, -0.25) is 0 Å². The molecule has 5 heteroatoms. The normalized spacial score (nSPS) is 15.3. The summed E-state index contributed by atoms with van der Waals surface area (Å²) in [6, 6.07) is 7.42. The highest BCUT2D eigenvalue weighted by Gasteiger charge is 2.18. The van der Waals surface area contributed by atoms with Crippen LogP contribution in [-0.4, -0.2) is 37.5 Å². The SMILES string of the molecule is NC(=S)c1cccc(OCCOC2COC2)c1. The molecule has 1 saturated heterocycles. The van der Waals surface area contributed by atoms with Crippen molar-refractivity contribution in [1.82, 2.24) is 0 Å². The Labute approximate surface area is 106 Å². The van der Waals surface area contributed by atoms with Crippen molar-refractivity contribution in [2.75, 3.05) is 26.4 Å². The van der Waals surface area contributed by atoms with Crippen molar-refractivity contribution >= 4 is 17.2 Å². The van der Waals surface area contributed by atoms with Gasteiger partial charge in [0.15, 0.2) is 0 Å². The van der Waals surface area contributed by atoms with Crippen LogP contribution in [0.2, 0.25) is 0 Å². The highest BCUT2D eigenvalue weighted by Crippen LogP contribution is 2.13. The van der Waals surface area contributed by atoms with Gasteiger partial charge in [0.25, 0.3) is 0 Å². The van der Waals surface area contributed by atoms with Crippen LogP contribution in [0.3, 0.4) is 0 Å². The summed E-state index contributed by atoms with van der Waals surface area (Å²) >= 11 is 4.90. The molecule has 1 aromatic carbocycles.